The van der Waals surface area contributed by atoms with Crippen LogP contribution in [0.2, 0.25) is 5.02 Å². The van der Waals surface area contributed by atoms with E-state index in [4.69, 9.17) is 16.3 Å². The zero-order valence-corrected chi connectivity index (χ0v) is 14.8. The van der Waals surface area contributed by atoms with Crippen molar-refractivity contribution in [3.05, 3.63) is 47.6 Å². The number of hydrogen-bond donors (Lipinski definition) is 1. The van der Waals surface area contributed by atoms with Crippen molar-refractivity contribution in [3.63, 3.8) is 0 Å². The van der Waals surface area contributed by atoms with Gasteiger partial charge in [0.2, 0.25) is 0 Å². The molecule has 2 aromatic heterocycles. The Morgan fingerprint density at radius 3 is 2.72 bits per heavy atom. The number of aromatic amines is 1. The summed E-state index contributed by atoms with van der Waals surface area (Å²) in [5, 5.41) is 1.67. The Balaban J connectivity index is 1.35. The summed E-state index contributed by atoms with van der Waals surface area (Å²) in [6, 6.07) is 12.9. The highest BCUT2D eigenvalue weighted by Gasteiger charge is 2.44. The van der Waals surface area contributed by atoms with Gasteiger partial charge in [-0.2, -0.15) is 0 Å². The summed E-state index contributed by atoms with van der Waals surface area (Å²) in [4.78, 5) is 10.1. The number of fused-ring (bicyclic) bond motifs is 3. The predicted molar refractivity (Wildman–Crippen MR) is 100 cm³/mol. The second kappa shape index (κ2) is 5.75. The molecule has 0 spiro atoms. The number of H-pyrrole nitrogens is 1. The average molecular weight is 354 g/mol. The Bertz CT molecular complexity index is 918. The maximum atomic E-state index is 6.26. The van der Waals surface area contributed by atoms with Crippen LogP contribution in [0.25, 0.3) is 22.3 Å². The highest BCUT2D eigenvalue weighted by Crippen LogP contribution is 2.39. The lowest BCUT2D eigenvalue weighted by molar-refractivity contribution is 0.105. The fraction of sp³-hybridized carbons (Fsp3) is 0.350. The topological polar surface area (TPSA) is 41.1 Å². The van der Waals surface area contributed by atoms with Crippen molar-refractivity contribution in [1.82, 2.24) is 14.9 Å². The van der Waals surface area contributed by atoms with E-state index in [1.165, 1.54) is 6.42 Å². The van der Waals surface area contributed by atoms with Crippen LogP contribution in [-0.4, -0.2) is 40.6 Å². The van der Waals surface area contributed by atoms with Crippen molar-refractivity contribution in [2.45, 2.75) is 25.0 Å². The van der Waals surface area contributed by atoms with E-state index in [0.717, 1.165) is 41.0 Å². The van der Waals surface area contributed by atoms with Gasteiger partial charge in [-0.05, 0) is 55.4 Å². The molecule has 2 aliphatic rings. The van der Waals surface area contributed by atoms with E-state index in [1.807, 2.05) is 12.1 Å². The van der Waals surface area contributed by atoms with Gasteiger partial charge in [-0.3, -0.25) is 0 Å². The van der Waals surface area contributed by atoms with Crippen LogP contribution >= 0.6 is 11.6 Å². The molecule has 128 valence electrons. The maximum Gasteiger partial charge on any atom is 0.139 e. The monoisotopic (exact) mass is 353 g/mol. The first-order valence-electron chi connectivity index (χ1n) is 8.78. The van der Waals surface area contributed by atoms with Crippen LogP contribution in [0, 0.1) is 5.92 Å². The van der Waals surface area contributed by atoms with E-state index in [-0.39, 0.29) is 0 Å². The SMILES string of the molecule is CN1CC2CC1CC2Oc1ccc(-c2cc3c(Cl)ccnc3[nH]2)cc1. The van der Waals surface area contributed by atoms with Gasteiger partial charge in [0.25, 0.3) is 0 Å². The zero-order valence-electron chi connectivity index (χ0n) is 14.1. The van der Waals surface area contributed by atoms with Crippen LogP contribution in [0.4, 0.5) is 0 Å². The van der Waals surface area contributed by atoms with Crippen LogP contribution in [0.15, 0.2) is 42.6 Å². The van der Waals surface area contributed by atoms with Crippen molar-refractivity contribution in [2.75, 3.05) is 13.6 Å². The molecular weight excluding hydrogens is 334 g/mol. The lowest BCUT2D eigenvalue weighted by Gasteiger charge is -2.28. The Morgan fingerprint density at radius 1 is 1.20 bits per heavy atom. The van der Waals surface area contributed by atoms with Gasteiger partial charge in [0.15, 0.2) is 0 Å². The van der Waals surface area contributed by atoms with Crippen molar-refractivity contribution in [2.24, 2.45) is 5.92 Å². The van der Waals surface area contributed by atoms with Crippen LogP contribution in [-0.2, 0) is 0 Å². The molecule has 1 aromatic carbocycles. The maximum absolute atomic E-state index is 6.26. The lowest BCUT2D eigenvalue weighted by Crippen LogP contribution is -2.37. The largest absolute Gasteiger partial charge is 0.490 e. The molecule has 1 saturated carbocycles. The quantitative estimate of drug-likeness (QED) is 0.760. The van der Waals surface area contributed by atoms with Crippen LogP contribution in [0.1, 0.15) is 12.8 Å². The number of halogens is 1. The molecule has 5 rings (SSSR count). The predicted octanol–water partition coefficient (Wildman–Crippen LogP) is 4.35. The van der Waals surface area contributed by atoms with Crippen molar-refractivity contribution < 1.29 is 4.74 Å². The molecule has 3 aromatic rings. The Morgan fingerprint density at radius 2 is 2.04 bits per heavy atom. The molecule has 1 N–H and O–H groups in total. The Labute approximate surface area is 151 Å². The average Bonchev–Trinajstić information content (AvgIpc) is 3.30. The van der Waals surface area contributed by atoms with Crippen molar-refractivity contribution in [1.29, 1.82) is 0 Å². The van der Waals surface area contributed by atoms with Crippen LogP contribution in [0.5, 0.6) is 5.75 Å². The van der Waals surface area contributed by atoms with E-state index in [0.29, 0.717) is 23.1 Å². The number of nitrogens with zero attached hydrogens (tertiary/aromatic N) is 2. The molecule has 0 radical (unpaired) electrons. The van der Waals surface area contributed by atoms with Gasteiger partial charge < -0.3 is 14.6 Å². The van der Waals surface area contributed by atoms with E-state index in [9.17, 15) is 0 Å². The highest BCUT2D eigenvalue weighted by molar-refractivity contribution is 6.35. The molecule has 3 unspecified atom stereocenters. The fourth-order valence-corrected chi connectivity index (χ4v) is 4.51. The number of hydrogen-bond acceptors (Lipinski definition) is 3. The number of likely N-dealkylation sites (tertiary alicyclic amines) is 1. The van der Waals surface area contributed by atoms with Gasteiger partial charge in [0.1, 0.15) is 17.5 Å². The molecule has 5 heteroatoms. The second-order valence-corrected chi connectivity index (χ2v) is 7.65. The molecule has 1 aliphatic carbocycles. The summed E-state index contributed by atoms with van der Waals surface area (Å²) in [5.41, 5.74) is 2.94. The lowest BCUT2D eigenvalue weighted by atomic mass is 10.1. The zero-order chi connectivity index (χ0) is 17.0. The number of rotatable bonds is 3. The second-order valence-electron chi connectivity index (χ2n) is 7.24. The van der Waals surface area contributed by atoms with Gasteiger partial charge in [0.05, 0.1) is 5.02 Å². The van der Waals surface area contributed by atoms with Crippen molar-refractivity contribution in [3.8, 4) is 17.0 Å². The molecule has 3 heterocycles. The molecule has 0 amide bonds. The van der Waals surface area contributed by atoms with E-state index >= 15 is 0 Å². The van der Waals surface area contributed by atoms with Gasteiger partial charge in [-0.1, -0.05) is 11.6 Å². The number of nitrogens with one attached hydrogen (secondary N) is 1. The van der Waals surface area contributed by atoms with E-state index in [1.54, 1.807) is 6.20 Å². The molecule has 25 heavy (non-hydrogen) atoms. The smallest absolute Gasteiger partial charge is 0.139 e. The normalized spacial score (nSPS) is 25.8. The third-order valence-corrected chi connectivity index (χ3v) is 6.01. The first-order valence-corrected chi connectivity index (χ1v) is 9.16. The third kappa shape index (κ3) is 2.60. The number of aromatic nitrogens is 2. The van der Waals surface area contributed by atoms with Crippen molar-refractivity contribution >= 4 is 22.6 Å². The minimum atomic E-state index is 0.364. The summed E-state index contributed by atoms with van der Waals surface area (Å²) in [6.07, 6.45) is 4.51. The van der Waals surface area contributed by atoms with Gasteiger partial charge in [0, 0.05) is 42.2 Å². The molecule has 2 bridgehead atoms. The van der Waals surface area contributed by atoms with Gasteiger partial charge >= 0.3 is 0 Å². The number of pyridine rings is 1. The van der Waals surface area contributed by atoms with Crippen LogP contribution < -0.4 is 4.74 Å². The summed E-state index contributed by atoms with van der Waals surface area (Å²) < 4.78 is 6.26. The summed E-state index contributed by atoms with van der Waals surface area (Å²) in [7, 11) is 2.22. The minimum absolute atomic E-state index is 0.364. The molecule has 2 fully saturated rings. The molecule has 3 atom stereocenters. The minimum Gasteiger partial charge on any atom is -0.490 e. The van der Waals surface area contributed by atoms with E-state index in [2.05, 4.69) is 46.2 Å². The molecule has 1 saturated heterocycles. The summed E-state index contributed by atoms with van der Waals surface area (Å²) >= 11 is 6.24. The first kappa shape index (κ1) is 15.2. The summed E-state index contributed by atoms with van der Waals surface area (Å²) in [5.74, 6) is 1.63. The number of ether oxygens (including phenoxy) is 1. The molecular formula is C20H20ClN3O. The molecule has 1 aliphatic heterocycles. The third-order valence-electron chi connectivity index (χ3n) is 5.68. The van der Waals surface area contributed by atoms with Crippen LogP contribution in [0.3, 0.4) is 0 Å². The Hall–Kier alpha value is -2.04. The first-order chi connectivity index (χ1) is 12.2. The number of piperidine rings is 1. The molecule has 4 nitrogen and oxygen atoms in total. The van der Waals surface area contributed by atoms with E-state index < -0.39 is 0 Å². The number of benzene rings is 1. The Kier molecular flexibility index (Phi) is 3.50. The van der Waals surface area contributed by atoms with Gasteiger partial charge in [-0.25, -0.2) is 4.98 Å². The van der Waals surface area contributed by atoms with Gasteiger partial charge in [-0.15, -0.1) is 0 Å². The fourth-order valence-electron chi connectivity index (χ4n) is 4.31. The summed E-state index contributed by atoms with van der Waals surface area (Å²) in [6.45, 7) is 1.16. The highest BCUT2D eigenvalue weighted by atomic mass is 35.5. The standard InChI is InChI=1S/C20H20ClN3O/c1-24-11-13-8-14(24)9-19(13)25-15-4-2-12(3-5-15)18-10-16-17(21)6-7-22-20(16)23-18/h2-7,10,13-14,19H,8-9,11H2,1H3,(H,22,23).